The third-order valence-electron chi connectivity index (χ3n) is 3.47. The van der Waals surface area contributed by atoms with Gasteiger partial charge in [0.25, 0.3) is 0 Å². The number of rotatable bonds is 8. The van der Waals surface area contributed by atoms with Crippen molar-refractivity contribution >= 4 is 10.0 Å². The van der Waals surface area contributed by atoms with E-state index in [2.05, 4.69) is 4.72 Å². The molecule has 2 N–H and O–H groups in total. The summed E-state index contributed by atoms with van der Waals surface area (Å²) in [6, 6.07) is 8.42. The summed E-state index contributed by atoms with van der Waals surface area (Å²) in [5.74, 6) is 0.881. The third-order valence-corrected chi connectivity index (χ3v) is 4.89. The highest BCUT2D eigenvalue weighted by atomic mass is 32.2. The van der Waals surface area contributed by atoms with E-state index in [4.69, 9.17) is 9.15 Å². The summed E-state index contributed by atoms with van der Waals surface area (Å²) in [6.07, 6.45) is 1.71. The number of aryl methyl sites for hydroxylation is 1. The quantitative estimate of drug-likeness (QED) is 0.760. The van der Waals surface area contributed by atoms with Crippen LogP contribution in [0, 0.1) is 6.92 Å². The largest absolute Gasteiger partial charge is 0.492 e. The van der Waals surface area contributed by atoms with Gasteiger partial charge in [0, 0.05) is 13.0 Å². The van der Waals surface area contributed by atoms with Gasteiger partial charge in [-0.2, -0.15) is 0 Å². The predicted molar refractivity (Wildman–Crippen MR) is 90.6 cm³/mol. The van der Waals surface area contributed by atoms with Crippen LogP contribution < -0.4 is 9.46 Å². The Morgan fingerprint density at radius 2 is 2.08 bits per heavy atom. The van der Waals surface area contributed by atoms with Crippen LogP contribution in [0.2, 0.25) is 0 Å². The topological polar surface area (TPSA) is 88.8 Å². The molecule has 2 rings (SSSR count). The molecule has 0 amide bonds. The molecule has 0 aliphatic heterocycles. The van der Waals surface area contributed by atoms with Crippen LogP contribution in [0.15, 0.2) is 45.9 Å². The van der Waals surface area contributed by atoms with Crippen LogP contribution >= 0.6 is 0 Å². The zero-order valence-electron chi connectivity index (χ0n) is 14.1. The summed E-state index contributed by atoms with van der Waals surface area (Å²) in [7, 11) is -3.81. The molecule has 0 saturated carbocycles. The maximum Gasteiger partial charge on any atom is 0.244 e. The predicted octanol–water partition coefficient (Wildman–Crippen LogP) is 2.26. The van der Waals surface area contributed by atoms with Gasteiger partial charge >= 0.3 is 0 Å². The van der Waals surface area contributed by atoms with Crippen molar-refractivity contribution in [2.75, 3.05) is 13.2 Å². The molecule has 0 fully saturated rings. The molecule has 1 unspecified atom stereocenters. The van der Waals surface area contributed by atoms with Crippen LogP contribution in [0.1, 0.15) is 25.2 Å². The SMILES string of the molecule is CCOc1ccc(C)cc1S(=O)(=O)NCC(C)(O)Cc1ccco1. The average Bonchev–Trinajstić information content (AvgIpc) is 3.00. The second-order valence-electron chi connectivity index (χ2n) is 5.96. The number of hydrogen-bond acceptors (Lipinski definition) is 5. The van der Waals surface area contributed by atoms with Crippen molar-refractivity contribution in [3.63, 3.8) is 0 Å². The zero-order chi connectivity index (χ0) is 17.8. The lowest BCUT2D eigenvalue weighted by Crippen LogP contribution is -2.42. The number of benzene rings is 1. The van der Waals surface area contributed by atoms with Gasteiger partial charge in [0.1, 0.15) is 16.4 Å². The van der Waals surface area contributed by atoms with E-state index in [0.29, 0.717) is 18.1 Å². The van der Waals surface area contributed by atoms with E-state index in [1.165, 1.54) is 6.26 Å². The number of sulfonamides is 1. The summed E-state index contributed by atoms with van der Waals surface area (Å²) in [5, 5.41) is 10.4. The maximum absolute atomic E-state index is 12.6. The first-order chi connectivity index (χ1) is 11.2. The van der Waals surface area contributed by atoms with Crippen LogP contribution in [-0.4, -0.2) is 32.3 Å². The molecule has 0 saturated heterocycles. The average molecular weight is 353 g/mol. The van der Waals surface area contributed by atoms with E-state index in [0.717, 1.165) is 5.56 Å². The van der Waals surface area contributed by atoms with Gasteiger partial charge in [-0.1, -0.05) is 6.07 Å². The van der Waals surface area contributed by atoms with Gasteiger partial charge < -0.3 is 14.3 Å². The molecule has 1 heterocycles. The molecule has 1 atom stereocenters. The fourth-order valence-corrected chi connectivity index (χ4v) is 3.67. The van der Waals surface area contributed by atoms with Gasteiger partial charge in [-0.25, -0.2) is 13.1 Å². The van der Waals surface area contributed by atoms with Gasteiger partial charge in [0.2, 0.25) is 10.0 Å². The second-order valence-corrected chi connectivity index (χ2v) is 7.70. The molecule has 0 aliphatic carbocycles. The molecule has 0 radical (unpaired) electrons. The minimum absolute atomic E-state index is 0.0677. The standard InChI is InChI=1S/C17H23NO5S/c1-4-22-15-8-7-13(2)10-16(15)24(20,21)18-12-17(3,19)11-14-6-5-9-23-14/h5-10,18-19H,4,11-12H2,1-3H3. The molecule has 6 nitrogen and oxygen atoms in total. The number of aliphatic hydroxyl groups is 1. The van der Waals surface area contributed by atoms with E-state index in [1.54, 1.807) is 44.2 Å². The minimum atomic E-state index is -3.81. The number of nitrogens with one attached hydrogen (secondary N) is 1. The van der Waals surface area contributed by atoms with Crippen molar-refractivity contribution in [3.8, 4) is 5.75 Å². The Morgan fingerprint density at radius 1 is 1.33 bits per heavy atom. The lowest BCUT2D eigenvalue weighted by atomic mass is 10.0. The number of furan rings is 1. The van der Waals surface area contributed by atoms with Crippen LogP contribution in [0.25, 0.3) is 0 Å². The molecule has 0 aliphatic rings. The Balaban J connectivity index is 2.15. The lowest BCUT2D eigenvalue weighted by Gasteiger charge is -2.23. The minimum Gasteiger partial charge on any atom is -0.492 e. The summed E-state index contributed by atoms with van der Waals surface area (Å²) in [4.78, 5) is 0.0677. The Kier molecular flexibility index (Phi) is 5.69. The summed E-state index contributed by atoms with van der Waals surface area (Å²) in [5.41, 5.74) is -0.471. The molecule has 0 spiro atoms. The number of hydrogen-bond donors (Lipinski definition) is 2. The molecular weight excluding hydrogens is 330 g/mol. The normalized spacial score (nSPS) is 14.3. The monoisotopic (exact) mass is 353 g/mol. The Hall–Kier alpha value is -1.83. The van der Waals surface area contributed by atoms with E-state index in [1.807, 2.05) is 6.92 Å². The van der Waals surface area contributed by atoms with E-state index >= 15 is 0 Å². The Morgan fingerprint density at radius 3 is 2.71 bits per heavy atom. The second kappa shape index (κ2) is 7.38. The molecule has 0 bridgehead atoms. The van der Waals surface area contributed by atoms with Crippen molar-refractivity contribution in [1.82, 2.24) is 4.72 Å². The maximum atomic E-state index is 12.6. The van der Waals surface area contributed by atoms with E-state index < -0.39 is 15.6 Å². The fourth-order valence-electron chi connectivity index (χ4n) is 2.28. The Bertz CT molecular complexity index is 766. The van der Waals surface area contributed by atoms with Crippen LogP contribution in [0.3, 0.4) is 0 Å². The van der Waals surface area contributed by atoms with Crippen molar-refractivity contribution in [2.45, 2.75) is 37.7 Å². The molecule has 1 aromatic carbocycles. The van der Waals surface area contributed by atoms with Crippen LogP contribution in [0.4, 0.5) is 0 Å². The molecule has 7 heteroatoms. The van der Waals surface area contributed by atoms with Crippen LogP contribution in [0.5, 0.6) is 5.75 Å². The van der Waals surface area contributed by atoms with Gasteiger partial charge in [-0.3, -0.25) is 0 Å². The van der Waals surface area contributed by atoms with Crippen molar-refractivity contribution in [3.05, 3.63) is 47.9 Å². The summed E-state index contributed by atoms with van der Waals surface area (Å²) < 4.78 is 38.3. The van der Waals surface area contributed by atoms with Gasteiger partial charge in [-0.15, -0.1) is 0 Å². The fraction of sp³-hybridized carbons (Fsp3) is 0.412. The van der Waals surface area contributed by atoms with E-state index in [9.17, 15) is 13.5 Å². The Labute approximate surface area is 142 Å². The molecule has 2 aromatic rings. The van der Waals surface area contributed by atoms with E-state index in [-0.39, 0.29) is 17.9 Å². The smallest absolute Gasteiger partial charge is 0.244 e. The highest BCUT2D eigenvalue weighted by Gasteiger charge is 2.27. The zero-order valence-corrected chi connectivity index (χ0v) is 14.9. The molecule has 132 valence electrons. The highest BCUT2D eigenvalue weighted by molar-refractivity contribution is 7.89. The first-order valence-electron chi connectivity index (χ1n) is 7.71. The van der Waals surface area contributed by atoms with Crippen molar-refractivity contribution in [1.29, 1.82) is 0 Å². The summed E-state index contributed by atoms with van der Waals surface area (Å²) >= 11 is 0. The van der Waals surface area contributed by atoms with Gasteiger partial charge in [0.05, 0.1) is 18.5 Å². The number of ether oxygens (including phenoxy) is 1. The van der Waals surface area contributed by atoms with Gasteiger partial charge in [-0.05, 0) is 50.6 Å². The van der Waals surface area contributed by atoms with Crippen molar-refractivity contribution in [2.24, 2.45) is 0 Å². The first-order valence-corrected chi connectivity index (χ1v) is 9.20. The lowest BCUT2D eigenvalue weighted by molar-refractivity contribution is 0.0603. The highest BCUT2D eigenvalue weighted by Crippen LogP contribution is 2.25. The van der Waals surface area contributed by atoms with Crippen LogP contribution in [-0.2, 0) is 16.4 Å². The molecular formula is C17H23NO5S. The van der Waals surface area contributed by atoms with Gasteiger partial charge in [0.15, 0.2) is 0 Å². The summed E-state index contributed by atoms with van der Waals surface area (Å²) in [6.45, 7) is 5.37. The molecule has 24 heavy (non-hydrogen) atoms. The third kappa shape index (κ3) is 4.83. The molecule has 1 aromatic heterocycles. The first kappa shape index (κ1) is 18.5. The van der Waals surface area contributed by atoms with Crippen molar-refractivity contribution < 1.29 is 22.7 Å².